The molecule has 0 saturated heterocycles. The van der Waals surface area contributed by atoms with Crippen LogP contribution in [0.1, 0.15) is 65.2 Å². The van der Waals surface area contributed by atoms with E-state index in [0.717, 1.165) is 12.8 Å². The van der Waals surface area contributed by atoms with Crippen molar-refractivity contribution >= 4 is 5.97 Å². The summed E-state index contributed by atoms with van der Waals surface area (Å²) in [5, 5.41) is 0. The van der Waals surface area contributed by atoms with Crippen molar-refractivity contribution in [2.75, 3.05) is 0 Å². The van der Waals surface area contributed by atoms with Crippen LogP contribution in [0.5, 0.6) is 0 Å². The van der Waals surface area contributed by atoms with E-state index in [1.54, 1.807) is 13.8 Å². The Morgan fingerprint density at radius 1 is 1.18 bits per heavy atom. The molecule has 2 rings (SSSR count). The lowest BCUT2D eigenvalue weighted by molar-refractivity contribution is -0.157. The molecule has 0 aromatic carbocycles. The molecule has 2 aliphatic carbocycles. The molecular weight excluding hydrogens is 214 g/mol. The molecule has 17 heavy (non-hydrogen) atoms. The predicted molar refractivity (Wildman–Crippen MR) is 67.5 cm³/mol. The molecule has 0 amide bonds. The van der Waals surface area contributed by atoms with Gasteiger partial charge in [0, 0.05) is 0 Å². The molecular formula is C14H25NO2. The van der Waals surface area contributed by atoms with Crippen LogP contribution in [0.25, 0.3) is 0 Å². The summed E-state index contributed by atoms with van der Waals surface area (Å²) < 4.78 is 5.49. The lowest BCUT2D eigenvalue weighted by atomic mass is 9.72. The summed E-state index contributed by atoms with van der Waals surface area (Å²) in [5.74, 6) is -0.259. The van der Waals surface area contributed by atoms with Gasteiger partial charge in [-0.25, -0.2) is 0 Å². The van der Waals surface area contributed by atoms with E-state index in [1.807, 2.05) is 0 Å². The van der Waals surface area contributed by atoms with Crippen molar-refractivity contribution in [1.29, 1.82) is 0 Å². The monoisotopic (exact) mass is 239 g/mol. The van der Waals surface area contributed by atoms with Gasteiger partial charge in [0.15, 0.2) is 0 Å². The van der Waals surface area contributed by atoms with Gasteiger partial charge in [-0.15, -0.1) is 0 Å². The molecule has 0 aliphatic heterocycles. The highest BCUT2D eigenvalue weighted by molar-refractivity contribution is 5.79. The van der Waals surface area contributed by atoms with Crippen LogP contribution in [-0.4, -0.2) is 17.6 Å². The summed E-state index contributed by atoms with van der Waals surface area (Å²) in [6.07, 6.45) is 10.2. The molecule has 0 aromatic rings. The lowest BCUT2D eigenvalue weighted by Gasteiger charge is -2.37. The maximum atomic E-state index is 11.7. The number of esters is 1. The van der Waals surface area contributed by atoms with Crippen LogP contribution < -0.4 is 5.73 Å². The summed E-state index contributed by atoms with van der Waals surface area (Å²) in [7, 11) is 0. The Morgan fingerprint density at radius 3 is 2.18 bits per heavy atom. The van der Waals surface area contributed by atoms with E-state index in [2.05, 4.69) is 0 Å². The molecule has 0 bridgehead atoms. The fourth-order valence-electron chi connectivity index (χ4n) is 3.25. The van der Waals surface area contributed by atoms with Crippen LogP contribution >= 0.6 is 0 Å². The van der Waals surface area contributed by atoms with Crippen molar-refractivity contribution in [2.24, 2.45) is 11.1 Å². The van der Waals surface area contributed by atoms with Crippen molar-refractivity contribution in [2.45, 2.75) is 76.9 Å². The van der Waals surface area contributed by atoms with E-state index in [9.17, 15) is 4.79 Å². The summed E-state index contributed by atoms with van der Waals surface area (Å²) in [4.78, 5) is 11.7. The van der Waals surface area contributed by atoms with Crippen LogP contribution in [0.4, 0.5) is 0 Å². The van der Waals surface area contributed by atoms with Crippen LogP contribution in [0.2, 0.25) is 0 Å². The van der Waals surface area contributed by atoms with Gasteiger partial charge in [-0.05, 0) is 57.8 Å². The van der Waals surface area contributed by atoms with E-state index in [1.165, 1.54) is 38.5 Å². The number of carbonyl (C=O) groups is 1. The van der Waals surface area contributed by atoms with Crippen molar-refractivity contribution in [3.05, 3.63) is 0 Å². The highest BCUT2D eigenvalue weighted by Gasteiger charge is 2.39. The first-order valence-electron chi connectivity index (χ1n) is 6.91. The number of rotatable bonds is 2. The van der Waals surface area contributed by atoms with Gasteiger partial charge in [0.2, 0.25) is 0 Å². The SMILES string of the molecule is CC(C)(N)C(=O)OC1CCC2(CCCC2)CC1. The number of carbonyl (C=O) groups excluding carboxylic acids is 1. The van der Waals surface area contributed by atoms with Gasteiger partial charge >= 0.3 is 5.97 Å². The van der Waals surface area contributed by atoms with E-state index in [0.29, 0.717) is 5.41 Å². The van der Waals surface area contributed by atoms with E-state index in [-0.39, 0.29) is 12.1 Å². The Balaban J connectivity index is 1.81. The minimum Gasteiger partial charge on any atom is -0.461 e. The molecule has 98 valence electrons. The minimum atomic E-state index is -0.859. The molecule has 0 atom stereocenters. The first-order valence-corrected chi connectivity index (χ1v) is 6.91. The maximum Gasteiger partial charge on any atom is 0.325 e. The molecule has 2 saturated carbocycles. The molecule has 3 heteroatoms. The Kier molecular flexibility index (Phi) is 3.48. The van der Waals surface area contributed by atoms with Crippen molar-refractivity contribution in [3.8, 4) is 0 Å². The number of nitrogens with two attached hydrogens (primary N) is 1. The van der Waals surface area contributed by atoms with Gasteiger partial charge in [-0.2, -0.15) is 0 Å². The molecule has 0 radical (unpaired) electrons. The Morgan fingerprint density at radius 2 is 1.71 bits per heavy atom. The second kappa shape index (κ2) is 4.60. The summed E-state index contributed by atoms with van der Waals surface area (Å²) >= 11 is 0. The minimum absolute atomic E-state index is 0.108. The van der Waals surface area contributed by atoms with E-state index >= 15 is 0 Å². The van der Waals surface area contributed by atoms with Gasteiger partial charge in [-0.3, -0.25) is 4.79 Å². The summed E-state index contributed by atoms with van der Waals surface area (Å²) in [6.45, 7) is 3.41. The summed E-state index contributed by atoms with van der Waals surface area (Å²) in [5.41, 5.74) is 5.48. The molecule has 1 spiro atoms. The largest absolute Gasteiger partial charge is 0.461 e. The van der Waals surface area contributed by atoms with Gasteiger partial charge in [0.05, 0.1) is 0 Å². The second-order valence-corrected chi connectivity index (χ2v) is 6.53. The van der Waals surface area contributed by atoms with Gasteiger partial charge < -0.3 is 10.5 Å². The quantitative estimate of drug-likeness (QED) is 0.754. The van der Waals surface area contributed by atoms with E-state index in [4.69, 9.17) is 10.5 Å². The Hall–Kier alpha value is -0.570. The van der Waals surface area contributed by atoms with Gasteiger partial charge in [0.25, 0.3) is 0 Å². The zero-order valence-corrected chi connectivity index (χ0v) is 11.1. The Bertz CT molecular complexity index is 277. The first-order chi connectivity index (χ1) is 7.91. The summed E-state index contributed by atoms with van der Waals surface area (Å²) in [6, 6.07) is 0. The zero-order valence-electron chi connectivity index (χ0n) is 11.1. The fourth-order valence-corrected chi connectivity index (χ4v) is 3.25. The van der Waals surface area contributed by atoms with Crippen molar-refractivity contribution in [3.63, 3.8) is 0 Å². The zero-order chi connectivity index (χ0) is 12.5. The molecule has 2 fully saturated rings. The maximum absolute atomic E-state index is 11.7. The van der Waals surface area contributed by atoms with Crippen LogP contribution in [-0.2, 0) is 9.53 Å². The Labute approximate surface area is 104 Å². The predicted octanol–water partition coefficient (Wildman–Crippen LogP) is 2.77. The topological polar surface area (TPSA) is 52.3 Å². The van der Waals surface area contributed by atoms with Crippen LogP contribution in [0.3, 0.4) is 0 Å². The normalized spacial score (nSPS) is 25.1. The van der Waals surface area contributed by atoms with Gasteiger partial charge in [-0.1, -0.05) is 12.8 Å². The number of hydrogen-bond donors (Lipinski definition) is 1. The first kappa shape index (κ1) is 12.9. The van der Waals surface area contributed by atoms with Crippen molar-refractivity contribution in [1.82, 2.24) is 0 Å². The molecule has 2 aliphatic rings. The third kappa shape index (κ3) is 3.01. The third-order valence-corrected chi connectivity index (χ3v) is 4.46. The third-order valence-electron chi connectivity index (χ3n) is 4.46. The molecule has 0 heterocycles. The average molecular weight is 239 g/mol. The van der Waals surface area contributed by atoms with Crippen LogP contribution in [0, 0.1) is 5.41 Å². The smallest absolute Gasteiger partial charge is 0.325 e. The number of hydrogen-bond acceptors (Lipinski definition) is 3. The highest BCUT2D eigenvalue weighted by Crippen LogP contribution is 2.49. The standard InChI is InChI=1S/C14H25NO2/c1-13(2,15)12(16)17-11-5-9-14(10-6-11)7-3-4-8-14/h11H,3-10,15H2,1-2H3. The molecule has 2 N–H and O–H groups in total. The van der Waals surface area contributed by atoms with E-state index < -0.39 is 5.54 Å². The molecule has 0 unspecified atom stereocenters. The highest BCUT2D eigenvalue weighted by atomic mass is 16.5. The fraction of sp³-hybridized carbons (Fsp3) is 0.929. The average Bonchev–Trinajstić information content (AvgIpc) is 2.69. The van der Waals surface area contributed by atoms with Gasteiger partial charge in [0.1, 0.15) is 11.6 Å². The van der Waals surface area contributed by atoms with Crippen LogP contribution in [0.15, 0.2) is 0 Å². The van der Waals surface area contributed by atoms with Crippen molar-refractivity contribution < 1.29 is 9.53 Å². The molecule has 0 aromatic heterocycles. The molecule has 3 nitrogen and oxygen atoms in total. The lowest BCUT2D eigenvalue weighted by Crippen LogP contribution is -2.45. The number of ether oxygens (including phenoxy) is 1. The second-order valence-electron chi connectivity index (χ2n) is 6.53.